The first kappa shape index (κ1) is 32.0. The Bertz CT molecular complexity index is 1770. The van der Waals surface area contributed by atoms with Crippen molar-refractivity contribution >= 4 is 22.9 Å². The number of ether oxygens (including phenoxy) is 2. The molecule has 1 spiro atoms. The highest BCUT2D eigenvalue weighted by atomic mass is 16.6. The average Bonchev–Trinajstić information content (AvgIpc) is 3.45. The second-order valence-electron chi connectivity index (χ2n) is 15.6. The summed E-state index contributed by atoms with van der Waals surface area (Å²) in [6.07, 6.45) is 8.59. The van der Waals surface area contributed by atoms with Gasteiger partial charge < -0.3 is 25.0 Å². The molecule has 0 radical (unpaired) electrons. The third-order valence-corrected chi connectivity index (χ3v) is 11.1. The van der Waals surface area contributed by atoms with E-state index in [1.807, 2.05) is 80.3 Å². The summed E-state index contributed by atoms with van der Waals surface area (Å²) < 4.78 is 13.7. The number of piperidine rings is 1. The van der Waals surface area contributed by atoms with E-state index >= 15 is 0 Å². The van der Waals surface area contributed by atoms with Crippen molar-refractivity contribution in [3.05, 3.63) is 60.9 Å². The molecule has 11 heteroatoms. The quantitative estimate of drug-likeness (QED) is 0.251. The van der Waals surface area contributed by atoms with Crippen LogP contribution in [0.1, 0.15) is 65.3 Å². The Labute approximate surface area is 288 Å². The van der Waals surface area contributed by atoms with Crippen LogP contribution in [0, 0.1) is 5.41 Å². The van der Waals surface area contributed by atoms with Gasteiger partial charge >= 0.3 is 6.09 Å². The lowest BCUT2D eigenvalue weighted by Gasteiger charge is -2.59. The molecular weight excluding hydrogens is 616 g/mol. The summed E-state index contributed by atoms with van der Waals surface area (Å²) in [5.74, 6) is 2.02. The Kier molecular flexibility index (Phi) is 8.22. The maximum Gasteiger partial charge on any atom is 0.410 e. The number of carbonyl (C=O) groups excluding carboxylic acids is 1. The van der Waals surface area contributed by atoms with Crippen molar-refractivity contribution in [1.29, 1.82) is 0 Å². The summed E-state index contributed by atoms with van der Waals surface area (Å²) in [7, 11) is 0. The molecule has 0 atom stereocenters. The van der Waals surface area contributed by atoms with Gasteiger partial charge in [-0.1, -0.05) is 18.2 Å². The second-order valence-corrected chi connectivity index (χ2v) is 15.6. The summed E-state index contributed by atoms with van der Waals surface area (Å²) in [6.45, 7) is 11.9. The van der Waals surface area contributed by atoms with Gasteiger partial charge in [0.25, 0.3) is 0 Å². The number of carbonyl (C=O) groups is 1. The normalized spacial score (nSPS) is 21.1. The number of nitrogen functional groups attached to an aromatic ring is 1. The Morgan fingerprint density at radius 2 is 1.51 bits per heavy atom. The second kappa shape index (κ2) is 12.6. The van der Waals surface area contributed by atoms with Crippen molar-refractivity contribution in [2.75, 3.05) is 45.0 Å². The number of hydrogen-bond acceptors (Lipinski definition) is 9. The van der Waals surface area contributed by atoms with Gasteiger partial charge in [-0.15, -0.1) is 0 Å². The largest absolute Gasteiger partial charge is 0.457 e. The zero-order chi connectivity index (χ0) is 33.8. The summed E-state index contributed by atoms with van der Waals surface area (Å²) >= 11 is 0. The van der Waals surface area contributed by atoms with E-state index in [0.29, 0.717) is 23.3 Å². The fourth-order valence-electron chi connectivity index (χ4n) is 8.38. The molecule has 258 valence electrons. The number of hydrogen-bond donors (Lipinski definition) is 1. The molecule has 4 aliphatic rings. The van der Waals surface area contributed by atoms with E-state index in [1.165, 1.54) is 38.8 Å². The molecule has 2 aromatic carbocycles. The van der Waals surface area contributed by atoms with Crippen molar-refractivity contribution in [3.8, 4) is 22.8 Å². The van der Waals surface area contributed by atoms with Gasteiger partial charge in [-0.2, -0.15) is 5.10 Å². The molecule has 1 aliphatic carbocycles. The van der Waals surface area contributed by atoms with Crippen LogP contribution in [0.25, 0.3) is 22.3 Å². The highest BCUT2D eigenvalue weighted by Crippen LogP contribution is 2.47. The lowest BCUT2D eigenvalue weighted by Crippen LogP contribution is -2.70. The van der Waals surface area contributed by atoms with Gasteiger partial charge in [0.15, 0.2) is 5.65 Å². The topological polar surface area (TPSA) is 115 Å². The molecule has 4 aromatic rings. The molecular formula is C38H48N8O3. The van der Waals surface area contributed by atoms with E-state index in [2.05, 4.69) is 24.4 Å². The minimum atomic E-state index is -0.440. The standard InChI is InChI=1S/C38H48N8O3/c1-37(2,3)49-36(47)44-21-29(22-44)45-23-38(24-45)17-13-27(14-18-38)43-19-15-28(16-20-43)46-35-32(34(39)40-25-41-35)33(42-46)26-9-11-31(12-10-26)48-30-7-5-4-6-8-30/h4-12,25,27-29H,13-24H2,1-3H3,(H2,39,40,41). The van der Waals surface area contributed by atoms with E-state index in [0.717, 1.165) is 72.8 Å². The molecule has 2 N–H and O–H groups in total. The first-order valence-electron chi connectivity index (χ1n) is 17.9. The molecule has 0 unspecified atom stereocenters. The monoisotopic (exact) mass is 664 g/mol. The number of anilines is 1. The van der Waals surface area contributed by atoms with Crippen LogP contribution in [0.4, 0.5) is 10.6 Å². The first-order valence-corrected chi connectivity index (χ1v) is 17.9. The smallest absolute Gasteiger partial charge is 0.410 e. The van der Waals surface area contributed by atoms with Crippen LogP contribution >= 0.6 is 0 Å². The number of nitrogens with zero attached hydrogens (tertiary/aromatic N) is 7. The van der Waals surface area contributed by atoms with Crippen LogP contribution in [-0.2, 0) is 4.74 Å². The molecule has 5 heterocycles. The summed E-state index contributed by atoms with van der Waals surface area (Å²) in [6, 6.07) is 19.2. The lowest BCUT2D eigenvalue weighted by molar-refractivity contribution is -0.103. The average molecular weight is 665 g/mol. The summed E-state index contributed by atoms with van der Waals surface area (Å²) in [4.78, 5) is 28.5. The minimum Gasteiger partial charge on any atom is -0.457 e. The molecule has 8 rings (SSSR count). The van der Waals surface area contributed by atoms with Crippen LogP contribution < -0.4 is 10.5 Å². The van der Waals surface area contributed by atoms with Gasteiger partial charge in [-0.05, 0) is 101 Å². The van der Waals surface area contributed by atoms with E-state index in [1.54, 1.807) is 6.33 Å². The molecule has 49 heavy (non-hydrogen) atoms. The number of nitrogens with two attached hydrogens (primary N) is 1. The highest BCUT2D eigenvalue weighted by molar-refractivity contribution is 5.98. The number of rotatable bonds is 6. The molecule has 1 saturated carbocycles. The maximum absolute atomic E-state index is 12.3. The zero-order valence-electron chi connectivity index (χ0n) is 28.9. The van der Waals surface area contributed by atoms with Crippen LogP contribution in [0.15, 0.2) is 60.9 Å². The molecule has 4 fully saturated rings. The Balaban J connectivity index is 0.854. The predicted molar refractivity (Wildman–Crippen MR) is 189 cm³/mol. The number of benzene rings is 2. The van der Waals surface area contributed by atoms with Gasteiger partial charge in [-0.25, -0.2) is 19.4 Å². The fourth-order valence-corrected chi connectivity index (χ4v) is 8.38. The third-order valence-electron chi connectivity index (χ3n) is 11.1. The molecule has 2 aromatic heterocycles. The summed E-state index contributed by atoms with van der Waals surface area (Å²) in [5, 5.41) is 5.95. The zero-order valence-corrected chi connectivity index (χ0v) is 28.9. The van der Waals surface area contributed by atoms with E-state index < -0.39 is 5.60 Å². The van der Waals surface area contributed by atoms with Crippen molar-refractivity contribution in [2.45, 2.75) is 83.0 Å². The van der Waals surface area contributed by atoms with E-state index in [-0.39, 0.29) is 12.1 Å². The molecule has 3 aliphatic heterocycles. The third kappa shape index (κ3) is 6.46. The van der Waals surface area contributed by atoms with Crippen molar-refractivity contribution in [1.82, 2.24) is 34.4 Å². The Morgan fingerprint density at radius 3 is 2.18 bits per heavy atom. The van der Waals surface area contributed by atoms with Crippen molar-refractivity contribution in [2.24, 2.45) is 5.41 Å². The minimum absolute atomic E-state index is 0.179. The lowest BCUT2D eigenvalue weighted by atomic mass is 9.66. The first-order chi connectivity index (χ1) is 23.6. The van der Waals surface area contributed by atoms with Gasteiger partial charge in [0.05, 0.1) is 11.4 Å². The number of fused-ring (bicyclic) bond motifs is 1. The number of aromatic nitrogens is 4. The van der Waals surface area contributed by atoms with Crippen molar-refractivity contribution in [3.63, 3.8) is 0 Å². The SMILES string of the molecule is CC(C)(C)OC(=O)N1CC(N2CC3(CCC(N4CCC(n5nc(-c6ccc(Oc7ccccc7)cc6)c6c(N)ncnc65)CC4)CC3)C2)C1. The summed E-state index contributed by atoms with van der Waals surface area (Å²) in [5.41, 5.74) is 9.05. The van der Waals surface area contributed by atoms with Crippen LogP contribution in [0.5, 0.6) is 11.5 Å². The Hall–Kier alpha value is -4.22. The van der Waals surface area contributed by atoms with E-state index in [9.17, 15) is 4.79 Å². The van der Waals surface area contributed by atoms with Crippen LogP contribution in [0.2, 0.25) is 0 Å². The fraction of sp³-hybridized carbons (Fsp3) is 0.526. The molecule has 1 amide bonds. The molecule has 3 saturated heterocycles. The highest BCUT2D eigenvalue weighted by Gasteiger charge is 2.50. The predicted octanol–water partition coefficient (Wildman–Crippen LogP) is 6.37. The van der Waals surface area contributed by atoms with Gasteiger partial charge in [-0.3, -0.25) is 4.90 Å². The van der Waals surface area contributed by atoms with E-state index in [4.69, 9.17) is 20.3 Å². The molecule has 11 nitrogen and oxygen atoms in total. The van der Waals surface area contributed by atoms with Crippen LogP contribution in [0.3, 0.4) is 0 Å². The maximum atomic E-state index is 12.3. The van der Waals surface area contributed by atoms with Crippen LogP contribution in [-0.4, -0.2) is 97.5 Å². The van der Waals surface area contributed by atoms with Gasteiger partial charge in [0.1, 0.15) is 34.9 Å². The van der Waals surface area contributed by atoms with Crippen molar-refractivity contribution < 1.29 is 14.3 Å². The molecule has 0 bridgehead atoms. The Morgan fingerprint density at radius 1 is 0.837 bits per heavy atom. The number of para-hydroxylation sites is 1. The van der Waals surface area contributed by atoms with Gasteiger partial charge in [0.2, 0.25) is 0 Å². The van der Waals surface area contributed by atoms with Gasteiger partial charge in [0, 0.05) is 56.9 Å². The number of likely N-dealkylation sites (tertiary alicyclic amines) is 3. The number of amides is 1.